The number of hydrogen-bond acceptors (Lipinski definition) is 9. The third-order valence-corrected chi connectivity index (χ3v) is 7.36. The van der Waals surface area contributed by atoms with E-state index in [1.165, 1.54) is 16.7 Å². The Morgan fingerprint density at radius 2 is 1.92 bits per heavy atom. The van der Waals surface area contributed by atoms with Crippen LogP contribution in [0.3, 0.4) is 0 Å². The van der Waals surface area contributed by atoms with Gasteiger partial charge in [-0.05, 0) is 48.9 Å². The number of carbonyl (C=O) groups excluding carboxylic acids is 2. The molecule has 2 aromatic heterocycles. The number of amides is 1. The molecule has 2 aliphatic rings. The Labute approximate surface area is 223 Å². The van der Waals surface area contributed by atoms with E-state index in [9.17, 15) is 14.9 Å². The van der Waals surface area contributed by atoms with Crippen molar-refractivity contribution in [3.63, 3.8) is 0 Å². The van der Waals surface area contributed by atoms with Crippen LogP contribution in [0.4, 0.5) is 0 Å². The summed E-state index contributed by atoms with van der Waals surface area (Å²) in [5.41, 5.74) is 9.70. The SMILES string of the molecule is CCOC(=O)C1=C2CSc3nc(-c4ccncc4)ccc3C(=O)N2C(N)=C(C#N)C1c1ccc(OC)cc1. The first-order valence-corrected chi connectivity index (χ1v) is 12.8. The summed E-state index contributed by atoms with van der Waals surface area (Å²) < 4.78 is 10.7. The molecule has 0 radical (unpaired) electrons. The molecule has 0 fully saturated rings. The normalized spacial score (nSPS) is 16.8. The molecule has 1 unspecified atom stereocenters. The molecule has 3 aromatic rings. The Kier molecular flexibility index (Phi) is 6.85. The summed E-state index contributed by atoms with van der Waals surface area (Å²) in [5, 5.41) is 10.7. The highest BCUT2D eigenvalue weighted by molar-refractivity contribution is 7.99. The van der Waals surface area contributed by atoms with Crippen LogP contribution in [-0.4, -0.2) is 46.2 Å². The summed E-state index contributed by atoms with van der Waals surface area (Å²) in [4.78, 5) is 37.3. The maximum atomic E-state index is 13.9. The van der Waals surface area contributed by atoms with Gasteiger partial charge in [-0.25, -0.2) is 9.78 Å². The first-order chi connectivity index (χ1) is 18.5. The summed E-state index contributed by atoms with van der Waals surface area (Å²) in [5.74, 6) is -1.07. The lowest BCUT2D eigenvalue weighted by Crippen LogP contribution is -2.41. The highest BCUT2D eigenvalue weighted by Gasteiger charge is 2.43. The quantitative estimate of drug-likeness (QED) is 0.491. The fourth-order valence-electron chi connectivity index (χ4n) is 4.57. The summed E-state index contributed by atoms with van der Waals surface area (Å²) >= 11 is 1.33. The maximum Gasteiger partial charge on any atom is 0.336 e. The van der Waals surface area contributed by atoms with Crippen LogP contribution in [0.2, 0.25) is 0 Å². The highest BCUT2D eigenvalue weighted by atomic mass is 32.2. The van der Waals surface area contributed by atoms with Gasteiger partial charge in [0.25, 0.3) is 5.91 Å². The van der Waals surface area contributed by atoms with Crippen molar-refractivity contribution in [3.05, 3.63) is 94.7 Å². The molecule has 2 N–H and O–H groups in total. The first kappa shape index (κ1) is 25.0. The van der Waals surface area contributed by atoms with Crippen molar-refractivity contribution in [1.82, 2.24) is 14.9 Å². The van der Waals surface area contributed by atoms with Crippen LogP contribution < -0.4 is 10.5 Å². The van der Waals surface area contributed by atoms with E-state index in [4.69, 9.17) is 20.2 Å². The summed E-state index contributed by atoms with van der Waals surface area (Å²) in [6, 6.07) is 16.3. The number of nitriles is 1. The van der Waals surface area contributed by atoms with Crippen molar-refractivity contribution in [2.24, 2.45) is 5.73 Å². The molecule has 1 atom stereocenters. The molecule has 10 heteroatoms. The smallest absolute Gasteiger partial charge is 0.336 e. The Morgan fingerprint density at radius 3 is 2.58 bits per heavy atom. The molecule has 38 heavy (non-hydrogen) atoms. The molecule has 0 saturated carbocycles. The maximum absolute atomic E-state index is 13.9. The van der Waals surface area contributed by atoms with Crippen molar-refractivity contribution < 1.29 is 19.1 Å². The second-order valence-electron chi connectivity index (χ2n) is 8.41. The second-order valence-corrected chi connectivity index (χ2v) is 9.38. The zero-order valence-corrected chi connectivity index (χ0v) is 21.5. The number of hydrogen-bond donors (Lipinski definition) is 1. The number of benzene rings is 1. The molecule has 4 heterocycles. The average molecular weight is 526 g/mol. The van der Waals surface area contributed by atoms with Gasteiger partial charge in [0, 0.05) is 29.4 Å². The number of nitrogens with zero attached hydrogens (tertiary/aromatic N) is 4. The van der Waals surface area contributed by atoms with Gasteiger partial charge >= 0.3 is 5.97 Å². The minimum atomic E-state index is -0.814. The molecule has 190 valence electrons. The number of nitrogens with two attached hydrogens (primary N) is 1. The monoisotopic (exact) mass is 525 g/mol. The van der Waals surface area contributed by atoms with E-state index in [1.54, 1.807) is 62.8 Å². The van der Waals surface area contributed by atoms with E-state index in [2.05, 4.69) is 11.1 Å². The number of carbonyl (C=O) groups is 2. The molecule has 1 amide bonds. The molecule has 9 nitrogen and oxygen atoms in total. The van der Waals surface area contributed by atoms with Crippen molar-refractivity contribution in [1.29, 1.82) is 5.26 Å². The summed E-state index contributed by atoms with van der Waals surface area (Å²) in [7, 11) is 1.55. The van der Waals surface area contributed by atoms with Crippen molar-refractivity contribution >= 4 is 23.6 Å². The van der Waals surface area contributed by atoms with Gasteiger partial charge in [0.05, 0.1) is 48.1 Å². The topological polar surface area (TPSA) is 131 Å². The van der Waals surface area contributed by atoms with Crippen LogP contribution in [0, 0.1) is 11.3 Å². The van der Waals surface area contributed by atoms with Gasteiger partial charge in [-0.15, -0.1) is 0 Å². The van der Waals surface area contributed by atoms with Gasteiger partial charge in [-0.2, -0.15) is 5.26 Å². The number of thioether (sulfide) groups is 1. The van der Waals surface area contributed by atoms with E-state index >= 15 is 0 Å². The Balaban J connectivity index is 1.68. The van der Waals surface area contributed by atoms with Gasteiger partial charge in [0.15, 0.2) is 0 Å². The standard InChI is InChI=1S/C28H23N5O4S/c1-3-37-28(35)24-22-15-38-26-19(8-9-21(32-26)16-10-12-31-13-11-16)27(34)33(22)25(30)20(14-29)23(24)17-4-6-18(36-2)7-5-17/h4-13,23H,3,15,30H2,1-2H3. The number of fused-ring (bicyclic) bond motifs is 2. The van der Waals surface area contributed by atoms with Gasteiger partial charge in [-0.1, -0.05) is 23.9 Å². The van der Waals surface area contributed by atoms with E-state index in [0.29, 0.717) is 33.3 Å². The first-order valence-electron chi connectivity index (χ1n) is 11.8. The predicted octanol–water partition coefficient (Wildman–Crippen LogP) is 4.01. The zero-order chi connectivity index (χ0) is 26.8. The van der Waals surface area contributed by atoms with Crippen LogP contribution >= 0.6 is 11.8 Å². The molecular formula is C28H23N5O4S. The third-order valence-electron chi connectivity index (χ3n) is 6.36. The number of ether oxygens (including phenoxy) is 2. The minimum absolute atomic E-state index is 0.0203. The van der Waals surface area contributed by atoms with E-state index in [1.807, 2.05) is 12.1 Å². The average Bonchev–Trinajstić information content (AvgIpc) is 3.09. The number of esters is 1. The fraction of sp³-hybridized carbons (Fsp3) is 0.179. The van der Waals surface area contributed by atoms with Crippen molar-refractivity contribution in [3.8, 4) is 23.1 Å². The molecule has 0 aliphatic carbocycles. The third kappa shape index (κ3) is 4.27. The molecular weight excluding hydrogens is 502 g/mol. The molecule has 0 spiro atoms. The van der Waals surface area contributed by atoms with Crippen LogP contribution in [0.1, 0.15) is 28.8 Å². The van der Waals surface area contributed by atoms with Crippen LogP contribution in [0.15, 0.2) is 88.6 Å². The Hall–Kier alpha value is -4.62. The molecule has 5 rings (SSSR count). The van der Waals surface area contributed by atoms with Crippen LogP contribution in [0.25, 0.3) is 11.3 Å². The largest absolute Gasteiger partial charge is 0.497 e. The summed E-state index contributed by atoms with van der Waals surface area (Å²) in [6.07, 6.45) is 3.35. The minimum Gasteiger partial charge on any atom is -0.497 e. The number of rotatable bonds is 5. The fourth-order valence-corrected chi connectivity index (χ4v) is 5.60. The van der Waals surface area contributed by atoms with Crippen LogP contribution in [-0.2, 0) is 9.53 Å². The lowest BCUT2D eigenvalue weighted by Gasteiger charge is -2.35. The number of pyridine rings is 2. The van der Waals surface area contributed by atoms with Crippen LogP contribution in [0.5, 0.6) is 5.75 Å². The number of aromatic nitrogens is 2. The lowest BCUT2D eigenvalue weighted by atomic mass is 9.81. The van der Waals surface area contributed by atoms with Gasteiger partial charge in [0.1, 0.15) is 16.6 Å². The Morgan fingerprint density at radius 1 is 1.18 bits per heavy atom. The van der Waals surface area contributed by atoms with Gasteiger partial charge in [-0.3, -0.25) is 14.7 Å². The lowest BCUT2D eigenvalue weighted by molar-refractivity contribution is -0.138. The van der Waals surface area contributed by atoms with Gasteiger partial charge in [0.2, 0.25) is 0 Å². The van der Waals surface area contributed by atoms with E-state index in [-0.39, 0.29) is 29.3 Å². The van der Waals surface area contributed by atoms with Gasteiger partial charge < -0.3 is 15.2 Å². The van der Waals surface area contributed by atoms with E-state index in [0.717, 1.165) is 5.56 Å². The second kappa shape index (κ2) is 10.4. The molecule has 0 bridgehead atoms. The molecule has 0 saturated heterocycles. The Bertz CT molecular complexity index is 1530. The highest BCUT2D eigenvalue weighted by Crippen LogP contribution is 2.45. The zero-order valence-electron chi connectivity index (χ0n) is 20.7. The number of allylic oxidation sites excluding steroid dienone is 1. The molecule has 2 aliphatic heterocycles. The van der Waals surface area contributed by atoms with Crippen molar-refractivity contribution in [2.45, 2.75) is 17.9 Å². The van der Waals surface area contributed by atoms with E-state index < -0.39 is 17.8 Å². The predicted molar refractivity (Wildman–Crippen MR) is 141 cm³/mol. The molecule has 1 aromatic carbocycles. The summed E-state index contributed by atoms with van der Waals surface area (Å²) in [6.45, 7) is 1.83. The number of methoxy groups -OCH3 is 1. The van der Waals surface area contributed by atoms with Crippen molar-refractivity contribution in [2.75, 3.05) is 19.5 Å².